The second-order valence-electron chi connectivity index (χ2n) is 7.61. The zero-order chi connectivity index (χ0) is 21.4. The minimum atomic E-state index is -3.62. The fraction of sp³-hybridized carbons (Fsp3) is 0.167. The molecule has 0 bridgehead atoms. The number of nitrogens with one attached hydrogen (secondary N) is 1. The van der Waals surface area contributed by atoms with E-state index >= 15 is 0 Å². The number of fused-ring (bicyclic) bond motifs is 2. The van der Waals surface area contributed by atoms with Crippen LogP contribution >= 0.6 is 0 Å². The predicted molar refractivity (Wildman–Crippen MR) is 119 cm³/mol. The summed E-state index contributed by atoms with van der Waals surface area (Å²) < 4.78 is 41.5. The maximum Gasteiger partial charge on any atom is 0.240 e. The normalized spacial score (nSPS) is 13.1. The largest absolute Gasteiger partial charge is 0.454 e. The van der Waals surface area contributed by atoms with Gasteiger partial charge in [0.15, 0.2) is 11.5 Å². The summed E-state index contributed by atoms with van der Waals surface area (Å²) in [6.45, 7) is 2.93. The molecule has 5 rings (SSSR count). The van der Waals surface area contributed by atoms with Gasteiger partial charge >= 0.3 is 0 Å². The van der Waals surface area contributed by atoms with Gasteiger partial charge < -0.3 is 14.0 Å². The molecule has 31 heavy (non-hydrogen) atoms. The zero-order valence-electron chi connectivity index (χ0n) is 17.0. The number of sulfonamides is 1. The first-order chi connectivity index (χ1) is 15.0. The van der Waals surface area contributed by atoms with Crippen molar-refractivity contribution in [3.8, 4) is 11.5 Å². The van der Waals surface area contributed by atoms with Crippen LogP contribution in [0.5, 0.6) is 11.5 Å². The topological polar surface area (TPSA) is 69.6 Å². The highest BCUT2D eigenvalue weighted by molar-refractivity contribution is 7.89. The average molecular weight is 435 g/mol. The van der Waals surface area contributed by atoms with Gasteiger partial charge in [0.1, 0.15) is 0 Å². The summed E-state index contributed by atoms with van der Waals surface area (Å²) in [6, 6.07) is 22.8. The summed E-state index contributed by atoms with van der Waals surface area (Å²) in [5.41, 5.74) is 3.97. The molecule has 1 aliphatic rings. The Labute approximate surface area is 181 Å². The minimum Gasteiger partial charge on any atom is -0.454 e. The van der Waals surface area contributed by atoms with Crippen LogP contribution in [0.1, 0.15) is 16.8 Å². The Morgan fingerprint density at radius 1 is 0.935 bits per heavy atom. The lowest BCUT2D eigenvalue weighted by Gasteiger charge is -2.13. The molecule has 0 fully saturated rings. The van der Waals surface area contributed by atoms with Crippen LogP contribution in [0.25, 0.3) is 10.9 Å². The highest BCUT2D eigenvalue weighted by Crippen LogP contribution is 2.37. The first kappa shape index (κ1) is 19.7. The maximum atomic E-state index is 12.8. The monoisotopic (exact) mass is 434 g/mol. The molecular formula is C24H22N2O4S. The molecule has 4 aromatic rings. The molecule has 7 heteroatoms. The van der Waals surface area contributed by atoms with Crippen molar-refractivity contribution >= 4 is 20.9 Å². The van der Waals surface area contributed by atoms with Crippen molar-refractivity contribution in [1.29, 1.82) is 0 Å². The first-order valence-corrected chi connectivity index (χ1v) is 11.5. The number of benzene rings is 3. The van der Waals surface area contributed by atoms with Gasteiger partial charge in [-0.05, 0) is 36.8 Å². The van der Waals surface area contributed by atoms with Gasteiger partial charge in [-0.3, -0.25) is 0 Å². The summed E-state index contributed by atoms with van der Waals surface area (Å²) in [4.78, 5) is 0.254. The van der Waals surface area contributed by atoms with Gasteiger partial charge in [-0.25, -0.2) is 13.1 Å². The van der Waals surface area contributed by atoms with Crippen LogP contribution in [0.15, 0.2) is 77.7 Å². The van der Waals surface area contributed by atoms with E-state index in [1.165, 1.54) is 0 Å². The van der Waals surface area contributed by atoms with Crippen LogP contribution in [0, 0.1) is 6.92 Å². The Kier molecular flexibility index (Phi) is 4.92. The van der Waals surface area contributed by atoms with Crippen molar-refractivity contribution in [3.05, 3.63) is 89.6 Å². The molecule has 1 aliphatic heterocycles. The van der Waals surface area contributed by atoms with Crippen molar-refractivity contribution in [1.82, 2.24) is 9.29 Å². The standard InChI is InChI=1S/C24H22N2O4S/c1-17-7-9-21(10-8-17)31(27,28)25-14-20-11-19-12-23-24(30-16-29-23)13-22(19)26(20)15-18-5-3-2-4-6-18/h2-13,25H,14-16H2,1H3. The molecule has 0 spiro atoms. The molecule has 0 unspecified atom stereocenters. The molecule has 0 radical (unpaired) electrons. The lowest BCUT2D eigenvalue weighted by molar-refractivity contribution is 0.174. The summed E-state index contributed by atoms with van der Waals surface area (Å²) in [5.74, 6) is 1.41. The van der Waals surface area contributed by atoms with Gasteiger partial charge in [0, 0.05) is 23.7 Å². The summed E-state index contributed by atoms with van der Waals surface area (Å²) in [7, 11) is -3.62. The molecule has 6 nitrogen and oxygen atoms in total. The Bertz CT molecular complexity index is 1340. The van der Waals surface area contributed by atoms with E-state index in [2.05, 4.69) is 21.4 Å². The summed E-state index contributed by atoms with van der Waals surface area (Å²) >= 11 is 0. The third-order valence-electron chi connectivity index (χ3n) is 5.44. The molecular weight excluding hydrogens is 412 g/mol. The number of ether oxygens (including phenoxy) is 2. The van der Waals surface area contributed by atoms with Crippen LogP contribution in [-0.2, 0) is 23.1 Å². The van der Waals surface area contributed by atoms with Gasteiger partial charge in [-0.15, -0.1) is 0 Å². The zero-order valence-corrected chi connectivity index (χ0v) is 17.9. The van der Waals surface area contributed by atoms with E-state index in [-0.39, 0.29) is 18.2 Å². The van der Waals surface area contributed by atoms with Crippen molar-refractivity contribution < 1.29 is 17.9 Å². The van der Waals surface area contributed by atoms with Gasteiger partial charge in [-0.2, -0.15) is 0 Å². The van der Waals surface area contributed by atoms with Crippen molar-refractivity contribution in [3.63, 3.8) is 0 Å². The molecule has 3 aromatic carbocycles. The third-order valence-corrected chi connectivity index (χ3v) is 6.86. The Morgan fingerprint density at radius 2 is 1.65 bits per heavy atom. The first-order valence-electron chi connectivity index (χ1n) is 10.0. The maximum absolute atomic E-state index is 12.8. The van der Waals surface area contributed by atoms with E-state index < -0.39 is 10.0 Å². The summed E-state index contributed by atoms with van der Waals surface area (Å²) in [5, 5.41) is 0.977. The van der Waals surface area contributed by atoms with E-state index in [1.807, 2.05) is 43.3 Å². The van der Waals surface area contributed by atoms with Gasteiger partial charge in [0.2, 0.25) is 16.8 Å². The number of aryl methyl sites for hydroxylation is 1. The van der Waals surface area contributed by atoms with E-state index in [4.69, 9.17) is 9.47 Å². The molecule has 1 aromatic heterocycles. The van der Waals surface area contributed by atoms with Gasteiger partial charge in [0.25, 0.3) is 0 Å². The number of hydrogen-bond donors (Lipinski definition) is 1. The van der Waals surface area contributed by atoms with Crippen molar-refractivity contribution in [2.45, 2.75) is 24.9 Å². The Balaban J connectivity index is 1.51. The Morgan fingerprint density at radius 3 is 2.39 bits per heavy atom. The lowest BCUT2D eigenvalue weighted by atomic mass is 10.2. The van der Waals surface area contributed by atoms with Gasteiger partial charge in [-0.1, -0.05) is 48.0 Å². The van der Waals surface area contributed by atoms with Crippen LogP contribution in [0.2, 0.25) is 0 Å². The molecule has 0 atom stereocenters. The molecule has 0 saturated heterocycles. The van der Waals surface area contributed by atoms with E-state index in [0.29, 0.717) is 18.0 Å². The highest BCUT2D eigenvalue weighted by Gasteiger charge is 2.20. The Hall–Kier alpha value is -3.29. The quantitative estimate of drug-likeness (QED) is 0.494. The number of hydrogen-bond acceptors (Lipinski definition) is 4. The summed E-state index contributed by atoms with van der Waals surface area (Å²) in [6.07, 6.45) is 0. The van der Waals surface area contributed by atoms with Crippen LogP contribution in [0.3, 0.4) is 0 Å². The molecule has 1 N–H and O–H groups in total. The lowest BCUT2D eigenvalue weighted by Crippen LogP contribution is -2.24. The number of nitrogens with zero attached hydrogens (tertiary/aromatic N) is 1. The van der Waals surface area contributed by atoms with Crippen LogP contribution in [0.4, 0.5) is 0 Å². The second kappa shape index (κ2) is 7.76. The fourth-order valence-electron chi connectivity index (χ4n) is 3.78. The average Bonchev–Trinajstić information content (AvgIpc) is 3.36. The SMILES string of the molecule is Cc1ccc(S(=O)(=O)NCc2cc3cc4c(cc3n2Cc2ccccc2)OCO4)cc1. The molecule has 158 valence electrons. The molecule has 2 heterocycles. The van der Waals surface area contributed by atoms with Crippen molar-refractivity contribution in [2.75, 3.05) is 6.79 Å². The van der Waals surface area contributed by atoms with Crippen LogP contribution in [-0.4, -0.2) is 19.8 Å². The number of rotatable bonds is 6. The number of aromatic nitrogens is 1. The smallest absolute Gasteiger partial charge is 0.240 e. The van der Waals surface area contributed by atoms with Crippen LogP contribution < -0.4 is 14.2 Å². The minimum absolute atomic E-state index is 0.171. The van der Waals surface area contributed by atoms with E-state index in [1.54, 1.807) is 24.3 Å². The predicted octanol–water partition coefficient (Wildman–Crippen LogP) is 4.21. The fourth-order valence-corrected chi connectivity index (χ4v) is 4.78. The van der Waals surface area contributed by atoms with Gasteiger partial charge in [0.05, 0.1) is 17.0 Å². The molecule has 0 saturated carbocycles. The molecule has 0 amide bonds. The van der Waals surface area contributed by atoms with E-state index in [9.17, 15) is 8.42 Å². The van der Waals surface area contributed by atoms with Crippen molar-refractivity contribution in [2.24, 2.45) is 0 Å². The molecule has 0 aliphatic carbocycles. The second-order valence-corrected chi connectivity index (χ2v) is 9.38. The third kappa shape index (κ3) is 3.89. The highest BCUT2D eigenvalue weighted by atomic mass is 32.2. The van der Waals surface area contributed by atoms with E-state index in [0.717, 1.165) is 27.7 Å².